The summed E-state index contributed by atoms with van der Waals surface area (Å²) in [5, 5.41) is 16.6. The van der Waals surface area contributed by atoms with Gasteiger partial charge in [-0.15, -0.1) is 0 Å². The zero-order valence-corrected chi connectivity index (χ0v) is 18.6. The van der Waals surface area contributed by atoms with E-state index in [-0.39, 0.29) is 30.2 Å². The van der Waals surface area contributed by atoms with E-state index in [1.54, 1.807) is 41.4 Å². The molecule has 1 fully saturated rings. The van der Waals surface area contributed by atoms with E-state index in [0.29, 0.717) is 34.8 Å². The lowest BCUT2D eigenvalue weighted by molar-refractivity contribution is -0.141. The van der Waals surface area contributed by atoms with Gasteiger partial charge < -0.3 is 10.4 Å². The molecular weight excluding hydrogens is 432 g/mol. The molecule has 3 N–H and O–H groups in total. The number of rotatable bonds is 5. The molecule has 1 aromatic heterocycles. The van der Waals surface area contributed by atoms with Gasteiger partial charge in [0.05, 0.1) is 22.8 Å². The fourth-order valence-corrected chi connectivity index (χ4v) is 4.52. The third kappa shape index (κ3) is 4.26. The van der Waals surface area contributed by atoms with Crippen LogP contribution in [-0.2, 0) is 16.1 Å². The van der Waals surface area contributed by atoms with Crippen LogP contribution in [0.3, 0.4) is 0 Å². The molecule has 8 nitrogen and oxygen atoms in total. The third-order valence-electron chi connectivity index (χ3n) is 6.00. The number of aromatic nitrogens is 1. The number of hydrogen-bond donors (Lipinski definition) is 3. The number of halogens is 1. The molecule has 0 bridgehead atoms. The van der Waals surface area contributed by atoms with Gasteiger partial charge in [-0.3, -0.25) is 29.6 Å². The van der Waals surface area contributed by atoms with Crippen molar-refractivity contribution >= 4 is 29.3 Å². The van der Waals surface area contributed by atoms with Crippen molar-refractivity contribution in [3.63, 3.8) is 0 Å². The van der Waals surface area contributed by atoms with E-state index in [1.165, 1.54) is 0 Å². The minimum Gasteiger partial charge on any atom is -0.374 e. The number of nitrogens with zero attached hydrogens (tertiary/aromatic N) is 2. The van der Waals surface area contributed by atoms with Gasteiger partial charge in [-0.05, 0) is 47.7 Å². The molecular formula is C23H25ClN4O4. The van der Waals surface area contributed by atoms with Gasteiger partial charge in [-0.25, -0.2) is 0 Å². The van der Waals surface area contributed by atoms with Gasteiger partial charge in [-0.1, -0.05) is 31.5 Å². The number of pyridine rings is 1. The Balaban J connectivity index is 1.53. The standard InChI is InChI=1S/C23H25ClN4O4/c1-12(2)19(20-16(24)4-3-9-25-20)27-21(30)13-5-6-15-14(10-13)11-28(23(15)32)17-7-8-18(29)26-22(17)31/h3-6,9-10,12,17,19,23,32H,7-8,11H2,1-2H3,(H,27,30)(H,26,29,31). The number of hydrogen-bond acceptors (Lipinski definition) is 6. The zero-order valence-electron chi connectivity index (χ0n) is 17.8. The molecule has 0 saturated carbocycles. The molecule has 168 valence electrons. The molecule has 3 atom stereocenters. The van der Waals surface area contributed by atoms with Crippen LogP contribution in [-0.4, -0.2) is 38.8 Å². The van der Waals surface area contributed by atoms with Gasteiger partial charge in [0.15, 0.2) is 0 Å². The lowest BCUT2D eigenvalue weighted by Crippen LogP contribution is -2.51. The van der Waals surface area contributed by atoms with Gasteiger partial charge in [0.1, 0.15) is 6.23 Å². The van der Waals surface area contributed by atoms with Crippen molar-refractivity contribution in [1.29, 1.82) is 0 Å². The Morgan fingerprint density at radius 2 is 2.09 bits per heavy atom. The van der Waals surface area contributed by atoms with Crippen LogP contribution in [0, 0.1) is 5.92 Å². The topological polar surface area (TPSA) is 112 Å². The first-order valence-corrected chi connectivity index (χ1v) is 11.0. The molecule has 4 rings (SSSR count). The van der Waals surface area contributed by atoms with Gasteiger partial charge in [0.2, 0.25) is 11.8 Å². The average Bonchev–Trinajstić information content (AvgIpc) is 3.08. The van der Waals surface area contributed by atoms with Crippen LogP contribution in [0.15, 0.2) is 36.5 Å². The van der Waals surface area contributed by atoms with Crippen LogP contribution in [0.2, 0.25) is 5.02 Å². The summed E-state index contributed by atoms with van der Waals surface area (Å²) in [4.78, 5) is 42.7. The van der Waals surface area contributed by atoms with Crippen molar-refractivity contribution in [2.24, 2.45) is 5.92 Å². The number of nitrogens with one attached hydrogen (secondary N) is 2. The molecule has 0 aliphatic carbocycles. The smallest absolute Gasteiger partial charge is 0.251 e. The van der Waals surface area contributed by atoms with E-state index in [1.807, 2.05) is 13.8 Å². The van der Waals surface area contributed by atoms with Crippen LogP contribution in [0.1, 0.15) is 66.1 Å². The predicted octanol–water partition coefficient (Wildman–Crippen LogP) is 2.47. The van der Waals surface area contributed by atoms with Crippen molar-refractivity contribution in [1.82, 2.24) is 20.5 Å². The fraction of sp³-hybridized carbons (Fsp3) is 0.391. The van der Waals surface area contributed by atoms with Crippen molar-refractivity contribution in [3.05, 3.63) is 63.9 Å². The molecule has 32 heavy (non-hydrogen) atoms. The Morgan fingerprint density at radius 3 is 2.78 bits per heavy atom. The second-order valence-corrected chi connectivity index (χ2v) is 8.90. The summed E-state index contributed by atoms with van der Waals surface area (Å²) >= 11 is 6.30. The maximum absolute atomic E-state index is 13.0. The van der Waals surface area contributed by atoms with Crippen LogP contribution in [0.5, 0.6) is 0 Å². The summed E-state index contributed by atoms with van der Waals surface area (Å²) in [6.45, 7) is 4.27. The van der Waals surface area contributed by atoms with E-state index >= 15 is 0 Å². The third-order valence-corrected chi connectivity index (χ3v) is 6.32. The minimum atomic E-state index is -0.971. The Bertz CT molecular complexity index is 1070. The maximum atomic E-state index is 13.0. The maximum Gasteiger partial charge on any atom is 0.251 e. The van der Waals surface area contributed by atoms with Crippen molar-refractivity contribution in [3.8, 4) is 0 Å². The molecule has 2 aromatic rings. The van der Waals surface area contributed by atoms with E-state index in [2.05, 4.69) is 15.6 Å². The molecule has 3 amide bonds. The second kappa shape index (κ2) is 8.97. The van der Waals surface area contributed by atoms with E-state index in [9.17, 15) is 19.5 Å². The van der Waals surface area contributed by atoms with Gasteiger partial charge in [0, 0.05) is 24.7 Å². The summed E-state index contributed by atoms with van der Waals surface area (Å²) in [6.07, 6.45) is 1.25. The first kappa shape index (κ1) is 22.4. The average molecular weight is 457 g/mol. The Morgan fingerprint density at radius 1 is 1.31 bits per heavy atom. The summed E-state index contributed by atoms with van der Waals surface area (Å²) < 4.78 is 0. The SMILES string of the molecule is CC(C)C(NC(=O)c1ccc2c(c1)CN(C1CCC(=O)NC1=O)C2O)c1ncccc1Cl. The van der Waals surface area contributed by atoms with E-state index < -0.39 is 18.2 Å². The molecule has 0 radical (unpaired) electrons. The quantitative estimate of drug-likeness (QED) is 0.596. The fourth-order valence-electron chi connectivity index (χ4n) is 4.28. The second-order valence-electron chi connectivity index (χ2n) is 8.49. The summed E-state index contributed by atoms with van der Waals surface area (Å²) in [5.41, 5.74) is 2.48. The van der Waals surface area contributed by atoms with Gasteiger partial charge >= 0.3 is 0 Å². The van der Waals surface area contributed by atoms with Crippen molar-refractivity contribution in [2.75, 3.05) is 0 Å². The normalized spacial score (nSPS) is 21.9. The van der Waals surface area contributed by atoms with Crippen LogP contribution >= 0.6 is 11.6 Å². The minimum absolute atomic E-state index is 0.0608. The number of benzene rings is 1. The Hall–Kier alpha value is -2.81. The summed E-state index contributed by atoms with van der Waals surface area (Å²) in [6, 6.07) is 7.62. The number of carbonyl (C=O) groups is 3. The highest BCUT2D eigenvalue weighted by atomic mass is 35.5. The van der Waals surface area contributed by atoms with E-state index in [0.717, 1.165) is 5.56 Å². The molecule has 1 saturated heterocycles. The Labute approximate surface area is 191 Å². The highest BCUT2D eigenvalue weighted by Gasteiger charge is 2.40. The predicted molar refractivity (Wildman–Crippen MR) is 117 cm³/mol. The summed E-state index contributed by atoms with van der Waals surface area (Å²) in [5.74, 6) is -0.921. The number of imide groups is 1. The Kier molecular flexibility index (Phi) is 6.28. The van der Waals surface area contributed by atoms with Crippen LogP contribution < -0.4 is 10.6 Å². The lowest BCUT2D eigenvalue weighted by Gasteiger charge is -2.31. The van der Waals surface area contributed by atoms with Crippen molar-refractivity contribution in [2.45, 2.75) is 51.5 Å². The molecule has 3 unspecified atom stereocenters. The highest BCUT2D eigenvalue weighted by molar-refractivity contribution is 6.31. The van der Waals surface area contributed by atoms with Gasteiger partial charge in [-0.2, -0.15) is 0 Å². The van der Waals surface area contributed by atoms with E-state index in [4.69, 9.17) is 11.6 Å². The zero-order chi connectivity index (χ0) is 23.0. The first-order chi connectivity index (χ1) is 15.3. The number of carbonyl (C=O) groups excluding carboxylic acids is 3. The van der Waals surface area contributed by atoms with Crippen LogP contribution in [0.4, 0.5) is 0 Å². The molecule has 3 heterocycles. The van der Waals surface area contributed by atoms with Crippen LogP contribution in [0.25, 0.3) is 0 Å². The molecule has 2 aliphatic heterocycles. The number of fused-ring (bicyclic) bond motifs is 1. The highest BCUT2D eigenvalue weighted by Crippen LogP contribution is 2.36. The molecule has 2 aliphatic rings. The molecule has 0 spiro atoms. The van der Waals surface area contributed by atoms with Gasteiger partial charge in [0.25, 0.3) is 5.91 Å². The lowest BCUT2D eigenvalue weighted by atomic mass is 9.99. The van der Waals surface area contributed by atoms with Crippen molar-refractivity contribution < 1.29 is 19.5 Å². The number of amides is 3. The number of aliphatic hydroxyl groups is 1. The molecule has 9 heteroatoms. The molecule has 1 aromatic carbocycles. The number of aliphatic hydroxyl groups excluding tert-OH is 1. The first-order valence-electron chi connectivity index (χ1n) is 10.6. The monoisotopic (exact) mass is 456 g/mol. The summed E-state index contributed by atoms with van der Waals surface area (Å²) in [7, 11) is 0. The number of piperidine rings is 1. The largest absolute Gasteiger partial charge is 0.374 e.